The van der Waals surface area contributed by atoms with Gasteiger partial charge in [-0.3, -0.25) is 9.59 Å². The van der Waals surface area contributed by atoms with Gasteiger partial charge in [-0.2, -0.15) is 0 Å². The van der Waals surface area contributed by atoms with Crippen molar-refractivity contribution in [1.82, 2.24) is 4.90 Å². The molecule has 2 rings (SSSR count). The van der Waals surface area contributed by atoms with E-state index in [0.29, 0.717) is 22.9 Å². The minimum absolute atomic E-state index is 0.147. The Kier molecular flexibility index (Phi) is 7.42. The molecule has 0 aliphatic carbocycles. The van der Waals surface area contributed by atoms with Gasteiger partial charge in [-0.15, -0.1) is 0 Å². The van der Waals surface area contributed by atoms with Crippen molar-refractivity contribution < 1.29 is 14.3 Å². The maximum absolute atomic E-state index is 12.3. The SMILES string of the molecule is CCC(C)c1ccc(OCC(=O)Nc2ccccc2C(=O)N(C)C)c(Br)c1. The van der Waals surface area contributed by atoms with Gasteiger partial charge in [0.1, 0.15) is 5.75 Å². The highest BCUT2D eigenvalue weighted by Gasteiger charge is 2.15. The van der Waals surface area contributed by atoms with Crippen LogP contribution in [-0.4, -0.2) is 37.4 Å². The summed E-state index contributed by atoms with van der Waals surface area (Å²) < 4.78 is 6.45. The molecule has 0 aromatic heterocycles. The molecule has 144 valence electrons. The Balaban J connectivity index is 2.03. The van der Waals surface area contributed by atoms with Gasteiger partial charge in [-0.1, -0.05) is 32.0 Å². The molecule has 2 aromatic rings. The Morgan fingerprint density at radius 1 is 1.19 bits per heavy atom. The van der Waals surface area contributed by atoms with Crippen molar-refractivity contribution in [1.29, 1.82) is 0 Å². The molecular formula is C21H25BrN2O3. The molecule has 1 atom stereocenters. The Morgan fingerprint density at radius 3 is 2.52 bits per heavy atom. The molecule has 0 saturated carbocycles. The molecule has 0 aliphatic rings. The predicted molar refractivity (Wildman–Crippen MR) is 111 cm³/mol. The quantitative estimate of drug-likeness (QED) is 0.690. The van der Waals surface area contributed by atoms with Crippen LogP contribution in [0.2, 0.25) is 0 Å². The fraction of sp³-hybridized carbons (Fsp3) is 0.333. The molecule has 2 aromatic carbocycles. The van der Waals surface area contributed by atoms with Crippen LogP contribution in [0.5, 0.6) is 5.75 Å². The predicted octanol–water partition coefficient (Wildman–Crippen LogP) is 4.68. The van der Waals surface area contributed by atoms with Crippen LogP contribution in [0.1, 0.15) is 42.1 Å². The van der Waals surface area contributed by atoms with Gasteiger partial charge in [-0.05, 0) is 58.1 Å². The molecule has 6 heteroatoms. The number of benzene rings is 2. The topological polar surface area (TPSA) is 58.6 Å². The molecule has 0 aliphatic heterocycles. The van der Waals surface area contributed by atoms with Crippen LogP contribution < -0.4 is 10.1 Å². The summed E-state index contributed by atoms with van der Waals surface area (Å²) in [6, 6.07) is 12.8. The number of nitrogens with one attached hydrogen (secondary N) is 1. The largest absolute Gasteiger partial charge is 0.483 e. The van der Waals surface area contributed by atoms with Crippen LogP contribution in [0.25, 0.3) is 0 Å². The van der Waals surface area contributed by atoms with E-state index in [1.807, 2.05) is 18.2 Å². The number of carbonyl (C=O) groups is 2. The second-order valence-electron chi connectivity index (χ2n) is 6.58. The molecular weight excluding hydrogens is 408 g/mol. The van der Waals surface area contributed by atoms with E-state index >= 15 is 0 Å². The van der Waals surface area contributed by atoms with Crippen LogP contribution in [-0.2, 0) is 4.79 Å². The van der Waals surface area contributed by atoms with Gasteiger partial charge in [-0.25, -0.2) is 0 Å². The number of rotatable bonds is 7. The van der Waals surface area contributed by atoms with Crippen molar-refractivity contribution in [3.8, 4) is 5.75 Å². The monoisotopic (exact) mass is 432 g/mol. The highest BCUT2D eigenvalue weighted by Crippen LogP contribution is 2.30. The lowest BCUT2D eigenvalue weighted by Crippen LogP contribution is -2.25. The van der Waals surface area contributed by atoms with Gasteiger partial charge >= 0.3 is 0 Å². The normalized spacial score (nSPS) is 11.6. The minimum atomic E-state index is -0.327. The Morgan fingerprint density at radius 2 is 1.89 bits per heavy atom. The summed E-state index contributed by atoms with van der Waals surface area (Å²) in [7, 11) is 3.34. The maximum Gasteiger partial charge on any atom is 0.262 e. The summed E-state index contributed by atoms with van der Waals surface area (Å²) in [5, 5.41) is 2.75. The highest BCUT2D eigenvalue weighted by atomic mass is 79.9. The number of hydrogen-bond donors (Lipinski definition) is 1. The zero-order valence-electron chi connectivity index (χ0n) is 16.1. The van der Waals surface area contributed by atoms with E-state index in [2.05, 4.69) is 35.1 Å². The number of hydrogen-bond acceptors (Lipinski definition) is 3. The van der Waals surface area contributed by atoms with Crippen LogP contribution in [0.3, 0.4) is 0 Å². The lowest BCUT2D eigenvalue weighted by Gasteiger charge is -2.15. The molecule has 2 amide bonds. The van der Waals surface area contributed by atoms with Crippen molar-refractivity contribution >= 4 is 33.4 Å². The van der Waals surface area contributed by atoms with E-state index in [4.69, 9.17) is 4.74 Å². The molecule has 1 N–H and O–H groups in total. The van der Waals surface area contributed by atoms with E-state index in [0.717, 1.165) is 10.9 Å². The molecule has 5 nitrogen and oxygen atoms in total. The van der Waals surface area contributed by atoms with Gasteiger partial charge in [0.05, 0.1) is 15.7 Å². The fourth-order valence-corrected chi connectivity index (χ4v) is 3.04. The first kappa shape index (κ1) is 21.0. The van der Waals surface area contributed by atoms with Gasteiger partial charge < -0.3 is 15.0 Å². The Bertz CT molecular complexity index is 821. The molecule has 0 heterocycles. The van der Waals surface area contributed by atoms with Crippen molar-refractivity contribution in [3.63, 3.8) is 0 Å². The average Bonchev–Trinajstić information content (AvgIpc) is 2.66. The third kappa shape index (κ3) is 5.57. The zero-order chi connectivity index (χ0) is 20.0. The van der Waals surface area contributed by atoms with E-state index in [1.54, 1.807) is 38.4 Å². The lowest BCUT2D eigenvalue weighted by atomic mass is 9.99. The van der Waals surface area contributed by atoms with Crippen LogP contribution >= 0.6 is 15.9 Å². The number of nitrogens with zero attached hydrogens (tertiary/aromatic N) is 1. The molecule has 1 unspecified atom stereocenters. The molecule has 0 radical (unpaired) electrons. The Labute approximate surface area is 168 Å². The number of carbonyl (C=O) groups excluding carboxylic acids is 2. The Hall–Kier alpha value is -2.34. The zero-order valence-corrected chi connectivity index (χ0v) is 17.7. The summed E-state index contributed by atoms with van der Waals surface area (Å²) in [5.74, 6) is 0.571. The van der Waals surface area contributed by atoms with Crippen LogP contribution in [0.15, 0.2) is 46.9 Å². The van der Waals surface area contributed by atoms with Crippen molar-refractivity contribution in [3.05, 3.63) is 58.1 Å². The van der Waals surface area contributed by atoms with E-state index in [1.165, 1.54) is 10.5 Å². The number of amides is 2. The number of halogens is 1. The first-order valence-electron chi connectivity index (χ1n) is 8.86. The first-order chi connectivity index (χ1) is 12.8. The van der Waals surface area contributed by atoms with Gasteiger partial charge in [0.2, 0.25) is 0 Å². The van der Waals surface area contributed by atoms with Crippen molar-refractivity contribution in [2.45, 2.75) is 26.2 Å². The number of para-hydroxylation sites is 1. The highest BCUT2D eigenvalue weighted by molar-refractivity contribution is 9.10. The third-order valence-corrected chi connectivity index (χ3v) is 4.95. The average molecular weight is 433 g/mol. The van der Waals surface area contributed by atoms with Gasteiger partial charge in [0, 0.05) is 14.1 Å². The first-order valence-corrected chi connectivity index (χ1v) is 9.65. The summed E-state index contributed by atoms with van der Waals surface area (Å²) >= 11 is 3.50. The fourth-order valence-electron chi connectivity index (χ4n) is 2.53. The molecule has 27 heavy (non-hydrogen) atoms. The third-order valence-electron chi connectivity index (χ3n) is 4.33. The lowest BCUT2D eigenvalue weighted by molar-refractivity contribution is -0.118. The number of anilines is 1. The van der Waals surface area contributed by atoms with E-state index in [-0.39, 0.29) is 18.4 Å². The van der Waals surface area contributed by atoms with Gasteiger partial charge in [0.25, 0.3) is 11.8 Å². The smallest absolute Gasteiger partial charge is 0.262 e. The second kappa shape index (κ2) is 9.55. The maximum atomic E-state index is 12.3. The summed E-state index contributed by atoms with van der Waals surface area (Å²) in [4.78, 5) is 26.0. The van der Waals surface area contributed by atoms with Crippen molar-refractivity contribution in [2.75, 3.05) is 26.0 Å². The van der Waals surface area contributed by atoms with E-state index < -0.39 is 0 Å². The van der Waals surface area contributed by atoms with E-state index in [9.17, 15) is 9.59 Å². The standard InChI is InChI=1S/C21H25BrN2O3/c1-5-14(2)15-10-11-19(17(22)12-15)27-13-20(25)23-18-9-7-6-8-16(18)21(26)24(3)4/h6-12,14H,5,13H2,1-4H3,(H,23,25). The van der Waals surface area contributed by atoms with Gasteiger partial charge in [0.15, 0.2) is 6.61 Å². The minimum Gasteiger partial charge on any atom is -0.483 e. The molecule has 0 spiro atoms. The second-order valence-corrected chi connectivity index (χ2v) is 7.44. The molecule has 0 bridgehead atoms. The number of ether oxygens (including phenoxy) is 1. The molecule has 0 fully saturated rings. The van der Waals surface area contributed by atoms with Crippen molar-refractivity contribution in [2.24, 2.45) is 0 Å². The summed E-state index contributed by atoms with van der Waals surface area (Å²) in [6.45, 7) is 4.17. The molecule has 0 saturated heterocycles. The van der Waals surface area contributed by atoms with Crippen LogP contribution in [0.4, 0.5) is 5.69 Å². The summed E-state index contributed by atoms with van der Waals surface area (Å²) in [6.07, 6.45) is 1.06. The summed E-state index contributed by atoms with van der Waals surface area (Å²) in [5.41, 5.74) is 2.13. The van der Waals surface area contributed by atoms with Crippen LogP contribution in [0, 0.1) is 0 Å².